The van der Waals surface area contributed by atoms with Gasteiger partial charge in [0.1, 0.15) is 11.9 Å². The first kappa shape index (κ1) is 12.0. The third-order valence-corrected chi connectivity index (χ3v) is 3.07. The van der Waals surface area contributed by atoms with Gasteiger partial charge < -0.3 is 4.74 Å². The Kier molecular flexibility index (Phi) is 3.72. The first-order valence-electron chi connectivity index (χ1n) is 5.70. The Labute approximate surface area is 100 Å². The minimum atomic E-state index is -0.380. The molecule has 0 amide bonds. The third kappa shape index (κ3) is 2.63. The van der Waals surface area contributed by atoms with Gasteiger partial charge in [-0.1, -0.05) is 6.07 Å². The second-order valence-electron chi connectivity index (χ2n) is 4.18. The zero-order chi connectivity index (χ0) is 12.3. The summed E-state index contributed by atoms with van der Waals surface area (Å²) < 4.78 is 18.5. The second-order valence-corrected chi connectivity index (χ2v) is 4.18. The van der Waals surface area contributed by atoms with E-state index in [1.165, 1.54) is 12.1 Å². The zero-order valence-corrected chi connectivity index (χ0v) is 9.82. The molecule has 1 aliphatic heterocycles. The molecular formula is C13H15FN2O. The van der Waals surface area contributed by atoms with Gasteiger partial charge >= 0.3 is 0 Å². The van der Waals surface area contributed by atoms with E-state index in [0.717, 1.165) is 11.1 Å². The number of hydrogen-bond donors (Lipinski definition) is 0. The van der Waals surface area contributed by atoms with Crippen LogP contribution in [0.2, 0.25) is 0 Å². The van der Waals surface area contributed by atoms with E-state index in [4.69, 9.17) is 4.74 Å². The van der Waals surface area contributed by atoms with E-state index in [0.29, 0.717) is 26.3 Å². The molecule has 4 heteroatoms. The van der Waals surface area contributed by atoms with Crippen LogP contribution in [0.4, 0.5) is 4.39 Å². The van der Waals surface area contributed by atoms with Gasteiger partial charge in [0.05, 0.1) is 19.3 Å². The van der Waals surface area contributed by atoms with Gasteiger partial charge in [0.2, 0.25) is 0 Å². The maximum absolute atomic E-state index is 13.3. The van der Waals surface area contributed by atoms with Gasteiger partial charge in [-0.2, -0.15) is 5.26 Å². The average Bonchev–Trinajstić information content (AvgIpc) is 2.36. The largest absolute Gasteiger partial charge is 0.379 e. The SMILES string of the molecule is Cc1ccc(F)cc1C(C#N)N1CCOCC1. The van der Waals surface area contributed by atoms with Gasteiger partial charge in [0.25, 0.3) is 0 Å². The predicted molar refractivity (Wildman–Crippen MR) is 61.9 cm³/mol. The summed E-state index contributed by atoms with van der Waals surface area (Å²) in [6, 6.07) is 6.48. The molecule has 1 unspecified atom stereocenters. The molecule has 0 bridgehead atoms. The molecule has 1 aromatic rings. The van der Waals surface area contributed by atoms with Crippen LogP contribution in [0, 0.1) is 24.1 Å². The van der Waals surface area contributed by atoms with Crippen LogP contribution in [0.3, 0.4) is 0 Å². The van der Waals surface area contributed by atoms with Crippen LogP contribution in [0.15, 0.2) is 18.2 Å². The molecule has 90 valence electrons. The zero-order valence-electron chi connectivity index (χ0n) is 9.82. The second kappa shape index (κ2) is 5.26. The number of hydrogen-bond acceptors (Lipinski definition) is 3. The van der Waals surface area contributed by atoms with Crippen molar-refractivity contribution >= 4 is 0 Å². The van der Waals surface area contributed by atoms with Gasteiger partial charge in [-0.25, -0.2) is 4.39 Å². The number of aryl methyl sites for hydroxylation is 1. The van der Waals surface area contributed by atoms with Crippen molar-refractivity contribution in [2.45, 2.75) is 13.0 Å². The van der Waals surface area contributed by atoms with Crippen molar-refractivity contribution in [3.63, 3.8) is 0 Å². The van der Waals surface area contributed by atoms with Crippen LogP contribution < -0.4 is 0 Å². The highest BCUT2D eigenvalue weighted by molar-refractivity contribution is 5.33. The number of halogens is 1. The molecule has 0 N–H and O–H groups in total. The van der Waals surface area contributed by atoms with Crippen molar-refractivity contribution in [2.75, 3.05) is 26.3 Å². The van der Waals surface area contributed by atoms with Gasteiger partial charge in [-0.15, -0.1) is 0 Å². The number of rotatable bonds is 2. The summed E-state index contributed by atoms with van der Waals surface area (Å²) in [7, 11) is 0. The summed E-state index contributed by atoms with van der Waals surface area (Å²) in [4.78, 5) is 2.03. The van der Waals surface area contributed by atoms with Crippen LogP contribution in [-0.4, -0.2) is 31.2 Å². The van der Waals surface area contributed by atoms with Crippen LogP contribution in [0.1, 0.15) is 17.2 Å². The van der Waals surface area contributed by atoms with E-state index in [1.807, 2.05) is 11.8 Å². The highest BCUT2D eigenvalue weighted by atomic mass is 19.1. The number of nitrogens with zero attached hydrogens (tertiary/aromatic N) is 2. The van der Waals surface area contributed by atoms with Gasteiger partial charge in [0, 0.05) is 13.1 Å². The van der Waals surface area contributed by atoms with Gasteiger partial charge in [0.15, 0.2) is 0 Å². The Morgan fingerprint density at radius 2 is 2.12 bits per heavy atom. The Hall–Kier alpha value is -1.44. The van der Waals surface area contributed by atoms with Crippen LogP contribution in [-0.2, 0) is 4.74 Å². The monoisotopic (exact) mass is 234 g/mol. The minimum absolute atomic E-state index is 0.292. The lowest BCUT2D eigenvalue weighted by Crippen LogP contribution is -2.38. The van der Waals surface area contributed by atoms with Crippen molar-refractivity contribution in [1.29, 1.82) is 5.26 Å². The maximum Gasteiger partial charge on any atom is 0.124 e. The van der Waals surface area contributed by atoms with Crippen LogP contribution in [0.5, 0.6) is 0 Å². The van der Waals surface area contributed by atoms with E-state index in [9.17, 15) is 9.65 Å². The molecule has 1 atom stereocenters. The van der Waals surface area contributed by atoms with Crippen LogP contribution >= 0.6 is 0 Å². The van der Waals surface area contributed by atoms with Crippen molar-refractivity contribution in [2.24, 2.45) is 0 Å². The third-order valence-electron chi connectivity index (χ3n) is 3.07. The molecule has 1 saturated heterocycles. The molecule has 17 heavy (non-hydrogen) atoms. The lowest BCUT2D eigenvalue weighted by Gasteiger charge is -2.31. The summed E-state index contributed by atoms with van der Waals surface area (Å²) in [5, 5.41) is 9.29. The van der Waals surface area contributed by atoms with E-state index in [1.54, 1.807) is 6.07 Å². The molecule has 3 nitrogen and oxygen atoms in total. The molecule has 0 aromatic heterocycles. The van der Waals surface area contributed by atoms with E-state index in [2.05, 4.69) is 6.07 Å². The van der Waals surface area contributed by atoms with Crippen molar-refractivity contribution < 1.29 is 9.13 Å². The first-order chi connectivity index (χ1) is 8.22. The Morgan fingerprint density at radius 3 is 2.76 bits per heavy atom. The molecule has 2 rings (SSSR count). The van der Waals surface area contributed by atoms with Gasteiger partial charge in [-0.05, 0) is 30.2 Å². The fraction of sp³-hybridized carbons (Fsp3) is 0.462. The quantitative estimate of drug-likeness (QED) is 0.785. The van der Waals surface area contributed by atoms with E-state index < -0.39 is 0 Å². The Morgan fingerprint density at radius 1 is 1.41 bits per heavy atom. The van der Waals surface area contributed by atoms with E-state index in [-0.39, 0.29) is 11.9 Å². The summed E-state index contributed by atoms with van der Waals surface area (Å²) >= 11 is 0. The minimum Gasteiger partial charge on any atom is -0.379 e. The van der Waals surface area contributed by atoms with Gasteiger partial charge in [-0.3, -0.25) is 4.90 Å². The van der Waals surface area contributed by atoms with Crippen molar-refractivity contribution in [3.8, 4) is 6.07 Å². The smallest absolute Gasteiger partial charge is 0.124 e. The van der Waals surface area contributed by atoms with Crippen molar-refractivity contribution in [1.82, 2.24) is 4.90 Å². The summed E-state index contributed by atoms with van der Waals surface area (Å²) in [5.41, 5.74) is 1.71. The Bertz CT molecular complexity index is 436. The molecule has 1 fully saturated rings. The fourth-order valence-electron chi connectivity index (χ4n) is 2.09. The lowest BCUT2D eigenvalue weighted by atomic mass is 10.0. The molecule has 1 aliphatic rings. The standard InChI is InChI=1S/C13H15FN2O/c1-10-2-3-11(14)8-12(10)13(9-15)16-4-6-17-7-5-16/h2-3,8,13H,4-7H2,1H3. The number of morpholine rings is 1. The summed E-state index contributed by atoms with van der Waals surface area (Å²) in [6.45, 7) is 4.60. The molecule has 0 radical (unpaired) electrons. The van der Waals surface area contributed by atoms with E-state index >= 15 is 0 Å². The normalized spacial score (nSPS) is 18.6. The highest BCUT2D eigenvalue weighted by Crippen LogP contribution is 2.24. The summed E-state index contributed by atoms with van der Waals surface area (Å²) in [6.07, 6.45) is 0. The molecule has 0 aliphatic carbocycles. The van der Waals surface area contributed by atoms with Crippen molar-refractivity contribution in [3.05, 3.63) is 35.1 Å². The first-order valence-corrected chi connectivity index (χ1v) is 5.70. The molecule has 0 saturated carbocycles. The molecule has 0 spiro atoms. The fourth-order valence-corrected chi connectivity index (χ4v) is 2.09. The lowest BCUT2D eigenvalue weighted by molar-refractivity contribution is 0.0265. The topological polar surface area (TPSA) is 36.3 Å². The van der Waals surface area contributed by atoms with Crippen LogP contribution in [0.25, 0.3) is 0 Å². The molecular weight excluding hydrogens is 219 g/mol. The maximum atomic E-state index is 13.3. The number of ether oxygens (including phenoxy) is 1. The predicted octanol–water partition coefficient (Wildman–Crippen LogP) is 2.03. The summed E-state index contributed by atoms with van der Waals surface area (Å²) in [5.74, 6) is -0.292. The molecule has 1 aromatic carbocycles. The number of benzene rings is 1. The number of nitriles is 1. The Balaban J connectivity index is 2.28. The molecule has 1 heterocycles. The average molecular weight is 234 g/mol. The highest BCUT2D eigenvalue weighted by Gasteiger charge is 2.23.